The van der Waals surface area contributed by atoms with E-state index in [0.717, 1.165) is 36.9 Å². The summed E-state index contributed by atoms with van der Waals surface area (Å²) in [4.78, 5) is 0. The van der Waals surface area contributed by atoms with Crippen LogP contribution in [0.25, 0.3) is 0 Å². The maximum absolute atomic E-state index is 5.17. The van der Waals surface area contributed by atoms with Crippen molar-refractivity contribution in [1.29, 1.82) is 0 Å². The van der Waals surface area contributed by atoms with Gasteiger partial charge in [-0.15, -0.1) is 0 Å². The molecule has 0 aromatic carbocycles. The second-order valence-electron chi connectivity index (χ2n) is 6.73. The van der Waals surface area contributed by atoms with Gasteiger partial charge in [-0.2, -0.15) is 0 Å². The highest BCUT2D eigenvalue weighted by molar-refractivity contribution is 4.77. The zero-order valence-electron chi connectivity index (χ0n) is 13.1. The van der Waals surface area contributed by atoms with Crippen LogP contribution in [-0.2, 0) is 9.47 Å². The lowest BCUT2D eigenvalue weighted by atomic mass is 9.71. The normalized spacial score (nSPS) is 45.0. The van der Waals surface area contributed by atoms with Crippen molar-refractivity contribution >= 4 is 0 Å². The predicted molar refractivity (Wildman–Crippen MR) is 76.4 cm³/mol. The van der Waals surface area contributed by atoms with Crippen molar-refractivity contribution in [2.45, 2.75) is 60.7 Å². The summed E-state index contributed by atoms with van der Waals surface area (Å²) in [6.07, 6.45) is 2.92. The van der Waals surface area contributed by atoms with Gasteiger partial charge in [0, 0.05) is 5.92 Å². The van der Waals surface area contributed by atoms with E-state index in [2.05, 4.69) is 34.6 Å². The van der Waals surface area contributed by atoms with E-state index in [9.17, 15) is 0 Å². The molecule has 1 aliphatic heterocycles. The molecule has 2 unspecified atom stereocenters. The lowest BCUT2D eigenvalue weighted by Gasteiger charge is -2.35. The summed E-state index contributed by atoms with van der Waals surface area (Å²) in [5, 5.41) is 0. The van der Waals surface area contributed by atoms with Crippen LogP contribution < -0.4 is 0 Å². The van der Waals surface area contributed by atoms with Gasteiger partial charge in [0.25, 0.3) is 0 Å². The van der Waals surface area contributed by atoms with Gasteiger partial charge in [-0.05, 0) is 43.4 Å². The van der Waals surface area contributed by atoms with Crippen LogP contribution in [-0.4, -0.2) is 19.5 Å². The van der Waals surface area contributed by atoms with Gasteiger partial charge >= 0.3 is 0 Å². The SMILES string of the molecule is CC1CC(C)C(C)C(C)C1.CC1COC(C)OC1. The predicted octanol–water partition coefficient (Wildman–Crippen LogP) is 4.34. The lowest BCUT2D eigenvalue weighted by Crippen LogP contribution is -2.27. The van der Waals surface area contributed by atoms with Crippen molar-refractivity contribution in [3.8, 4) is 0 Å². The minimum absolute atomic E-state index is 0.0196. The number of hydrogen-bond donors (Lipinski definition) is 0. The minimum atomic E-state index is 0.0196. The number of ether oxygens (including phenoxy) is 2. The Balaban J connectivity index is 0.000000184. The molecule has 1 saturated carbocycles. The van der Waals surface area contributed by atoms with Gasteiger partial charge in [-0.3, -0.25) is 0 Å². The molecule has 0 N–H and O–H groups in total. The molecule has 18 heavy (non-hydrogen) atoms. The van der Waals surface area contributed by atoms with Crippen molar-refractivity contribution in [2.75, 3.05) is 13.2 Å². The minimum Gasteiger partial charge on any atom is -0.353 e. The van der Waals surface area contributed by atoms with Gasteiger partial charge in [0.15, 0.2) is 6.29 Å². The third kappa shape index (κ3) is 5.27. The van der Waals surface area contributed by atoms with Crippen molar-refractivity contribution in [3.63, 3.8) is 0 Å². The molecule has 2 aliphatic rings. The first-order valence-electron chi connectivity index (χ1n) is 7.63. The highest BCUT2D eigenvalue weighted by atomic mass is 16.7. The fraction of sp³-hybridized carbons (Fsp3) is 1.00. The Kier molecular flexibility index (Phi) is 6.65. The van der Waals surface area contributed by atoms with Gasteiger partial charge in [0.1, 0.15) is 0 Å². The average Bonchev–Trinajstić information content (AvgIpc) is 2.31. The topological polar surface area (TPSA) is 18.5 Å². The first-order valence-corrected chi connectivity index (χ1v) is 7.63. The molecular formula is C16H32O2. The van der Waals surface area contributed by atoms with Crippen LogP contribution in [0.4, 0.5) is 0 Å². The molecule has 2 atom stereocenters. The third-order valence-corrected chi connectivity index (χ3v) is 4.57. The molecule has 0 aromatic heterocycles. The van der Waals surface area contributed by atoms with Gasteiger partial charge in [0.05, 0.1) is 13.2 Å². The molecule has 0 aromatic rings. The molecular weight excluding hydrogens is 224 g/mol. The summed E-state index contributed by atoms with van der Waals surface area (Å²) in [6.45, 7) is 15.3. The summed E-state index contributed by atoms with van der Waals surface area (Å²) in [6, 6.07) is 0. The summed E-state index contributed by atoms with van der Waals surface area (Å²) in [7, 11) is 0. The van der Waals surface area contributed by atoms with E-state index >= 15 is 0 Å². The second-order valence-corrected chi connectivity index (χ2v) is 6.73. The van der Waals surface area contributed by atoms with Crippen LogP contribution in [0.1, 0.15) is 54.4 Å². The maximum Gasteiger partial charge on any atom is 0.154 e. The van der Waals surface area contributed by atoms with E-state index in [4.69, 9.17) is 9.47 Å². The van der Waals surface area contributed by atoms with Gasteiger partial charge < -0.3 is 9.47 Å². The molecule has 0 amide bonds. The molecule has 1 aliphatic carbocycles. The summed E-state index contributed by atoms with van der Waals surface area (Å²) >= 11 is 0. The van der Waals surface area contributed by atoms with E-state index < -0.39 is 0 Å². The van der Waals surface area contributed by atoms with Crippen molar-refractivity contribution < 1.29 is 9.47 Å². The van der Waals surface area contributed by atoms with Crippen molar-refractivity contribution in [1.82, 2.24) is 0 Å². The van der Waals surface area contributed by atoms with Crippen molar-refractivity contribution in [3.05, 3.63) is 0 Å². The number of hydrogen-bond acceptors (Lipinski definition) is 2. The first kappa shape index (κ1) is 16.0. The molecule has 2 fully saturated rings. The quantitative estimate of drug-likeness (QED) is 0.642. The van der Waals surface area contributed by atoms with Crippen molar-refractivity contribution in [2.24, 2.45) is 29.6 Å². The van der Waals surface area contributed by atoms with E-state index in [-0.39, 0.29) is 6.29 Å². The van der Waals surface area contributed by atoms with Crippen LogP contribution in [0.15, 0.2) is 0 Å². The molecule has 2 rings (SSSR count). The molecule has 0 bridgehead atoms. The highest BCUT2D eigenvalue weighted by Gasteiger charge is 2.27. The molecule has 2 heteroatoms. The summed E-state index contributed by atoms with van der Waals surface area (Å²) < 4.78 is 10.3. The smallest absolute Gasteiger partial charge is 0.154 e. The first-order chi connectivity index (χ1) is 8.40. The van der Waals surface area contributed by atoms with Gasteiger partial charge in [-0.1, -0.05) is 34.6 Å². The largest absolute Gasteiger partial charge is 0.353 e. The second kappa shape index (κ2) is 7.49. The standard InChI is InChI=1S/C10H20.C6H12O2/c1-7-5-8(2)10(4)9(3)6-7;1-5-3-7-6(2)8-4-5/h7-10H,5-6H2,1-4H3;5-6H,3-4H2,1-2H3. The fourth-order valence-electron chi connectivity index (χ4n) is 3.05. The van der Waals surface area contributed by atoms with E-state index in [1.165, 1.54) is 12.8 Å². The van der Waals surface area contributed by atoms with Crippen LogP contribution in [0.3, 0.4) is 0 Å². The van der Waals surface area contributed by atoms with Gasteiger partial charge in [-0.25, -0.2) is 0 Å². The average molecular weight is 256 g/mol. The van der Waals surface area contributed by atoms with Crippen LogP contribution in [0.5, 0.6) is 0 Å². The Hall–Kier alpha value is -0.0800. The van der Waals surface area contributed by atoms with Crippen LogP contribution in [0.2, 0.25) is 0 Å². The molecule has 0 spiro atoms. The molecule has 0 radical (unpaired) electrons. The van der Waals surface area contributed by atoms with Crippen LogP contribution >= 0.6 is 0 Å². The zero-order chi connectivity index (χ0) is 13.7. The Morgan fingerprint density at radius 3 is 1.50 bits per heavy atom. The Morgan fingerprint density at radius 1 is 0.667 bits per heavy atom. The summed E-state index contributed by atoms with van der Waals surface area (Å²) in [5.74, 6) is 4.42. The number of rotatable bonds is 0. The van der Waals surface area contributed by atoms with Gasteiger partial charge in [0.2, 0.25) is 0 Å². The third-order valence-electron chi connectivity index (χ3n) is 4.57. The highest BCUT2D eigenvalue weighted by Crippen LogP contribution is 2.36. The van der Waals surface area contributed by atoms with E-state index in [0.29, 0.717) is 5.92 Å². The Labute approximate surface area is 113 Å². The fourth-order valence-corrected chi connectivity index (χ4v) is 3.05. The molecule has 1 saturated heterocycles. The Morgan fingerprint density at radius 2 is 1.11 bits per heavy atom. The molecule has 2 nitrogen and oxygen atoms in total. The van der Waals surface area contributed by atoms with E-state index in [1.807, 2.05) is 6.92 Å². The maximum atomic E-state index is 5.17. The monoisotopic (exact) mass is 256 g/mol. The lowest BCUT2D eigenvalue weighted by molar-refractivity contribution is -0.187. The Bertz CT molecular complexity index is 199. The zero-order valence-corrected chi connectivity index (χ0v) is 13.1. The van der Waals surface area contributed by atoms with E-state index in [1.54, 1.807) is 0 Å². The van der Waals surface area contributed by atoms with Crippen LogP contribution in [0, 0.1) is 29.6 Å². The molecule has 1 heterocycles. The molecule has 108 valence electrons. The summed E-state index contributed by atoms with van der Waals surface area (Å²) in [5.41, 5.74) is 0.